The first kappa shape index (κ1) is 10.3. The Labute approximate surface area is 79.1 Å². The van der Waals surface area contributed by atoms with Crippen molar-refractivity contribution in [1.29, 1.82) is 0 Å². The van der Waals surface area contributed by atoms with Crippen LogP contribution in [0.2, 0.25) is 0 Å². The van der Waals surface area contributed by atoms with Crippen molar-refractivity contribution in [2.45, 2.75) is 12.8 Å². The molecule has 0 aromatic heterocycles. The molecule has 0 radical (unpaired) electrons. The third kappa shape index (κ3) is 2.84. The fourth-order valence-corrected chi connectivity index (χ4v) is 1.41. The zero-order valence-electron chi connectivity index (χ0n) is 8.31. The Bertz CT molecular complexity index is 221. The summed E-state index contributed by atoms with van der Waals surface area (Å²) >= 11 is 0. The van der Waals surface area contributed by atoms with Gasteiger partial charge in [-0.25, -0.2) is 4.39 Å². The summed E-state index contributed by atoms with van der Waals surface area (Å²) < 4.78 is 13.3. The maximum absolute atomic E-state index is 13.3. The van der Waals surface area contributed by atoms with E-state index in [1.54, 1.807) is 6.08 Å². The Hall–Kier alpha value is -0.830. The monoisotopic (exact) mass is 184 g/mol. The highest BCUT2D eigenvalue weighted by Gasteiger charge is 2.11. The minimum atomic E-state index is -0.0788. The summed E-state index contributed by atoms with van der Waals surface area (Å²) in [5.41, 5.74) is 0.831. The summed E-state index contributed by atoms with van der Waals surface area (Å²) in [5.74, 6) is -0.0788. The number of hydrogen-bond acceptors (Lipinski definition) is 2. The number of nitrogens with zero attached hydrogens (tertiary/aromatic N) is 1. The molecule has 1 rings (SSSR count). The van der Waals surface area contributed by atoms with Gasteiger partial charge in [-0.05, 0) is 26.0 Å². The van der Waals surface area contributed by atoms with Crippen molar-refractivity contribution >= 4 is 0 Å². The number of allylic oxidation sites excluding steroid dienone is 4. The zero-order chi connectivity index (χ0) is 9.68. The molecule has 0 amide bonds. The summed E-state index contributed by atoms with van der Waals surface area (Å²) in [6, 6.07) is 0. The largest absolute Gasteiger partial charge is 0.374 e. The molecule has 74 valence electrons. The van der Waals surface area contributed by atoms with Crippen molar-refractivity contribution in [2.75, 3.05) is 27.2 Å². The van der Waals surface area contributed by atoms with Crippen LogP contribution in [0, 0.1) is 0 Å². The first-order valence-corrected chi connectivity index (χ1v) is 4.66. The van der Waals surface area contributed by atoms with E-state index in [0.717, 1.165) is 31.6 Å². The van der Waals surface area contributed by atoms with Crippen molar-refractivity contribution in [2.24, 2.45) is 0 Å². The lowest BCUT2D eigenvalue weighted by atomic mass is 10.1. The quantitative estimate of drug-likeness (QED) is 0.715. The predicted octanol–water partition coefficient (Wildman–Crippen LogP) is 1.67. The molecule has 0 atom stereocenters. The van der Waals surface area contributed by atoms with E-state index in [1.165, 1.54) is 0 Å². The van der Waals surface area contributed by atoms with Crippen LogP contribution in [-0.4, -0.2) is 32.1 Å². The van der Waals surface area contributed by atoms with Crippen LogP contribution in [0.5, 0.6) is 0 Å². The van der Waals surface area contributed by atoms with Gasteiger partial charge < -0.3 is 10.2 Å². The normalized spacial score (nSPS) is 16.5. The van der Waals surface area contributed by atoms with Crippen LogP contribution in [0.4, 0.5) is 4.39 Å². The van der Waals surface area contributed by atoms with Gasteiger partial charge in [0.15, 0.2) is 0 Å². The number of hydrogen-bond donors (Lipinski definition) is 1. The first-order chi connectivity index (χ1) is 6.25. The molecule has 3 heteroatoms. The fraction of sp³-hybridized carbons (Fsp3) is 0.600. The van der Waals surface area contributed by atoms with Crippen LogP contribution in [0.3, 0.4) is 0 Å². The van der Waals surface area contributed by atoms with E-state index in [1.807, 2.05) is 25.1 Å². The Morgan fingerprint density at radius 3 is 3.00 bits per heavy atom. The van der Waals surface area contributed by atoms with E-state index in [4.69, 9.17) is 0 Å². The first-order valence-electron chi connectivity index (χ1n) is 4.66. The SMILES string of the molecule is CNCCN(C)C1=C(F)C=CCC1. The molecule has 1 aliphatic carbocycles. The van der Waals surface area contributed by atoms with Gasteiger partial charge in [0.2, 0.25) is 0 Å². The topological polar surface area (TPSA) is 15.3 Å². The van der Waals surface area contributed by atoms with Crippen LogP contribution in [0.25, 0.3) is 0 Å². The number of likely N-dealkylation sites (N-methyl/N-ethyl adjacent to an activating group) is 2. The lowest BCUT2D eigenvalue weighted by Crippen LogP contribution is -2.27. The van der Waals surface area contributed by atoms with Gasteiger partial charge >= 0.3 is 0 Å². The second-order valence-corrected chi connectivity index (χ2v) is 3.26. The maximum atomic E-state index is 13.3. The Morgan fingerprint density at radius 2 is 2.38 bits per heavy atom. The van der Waals surface area contributed by atoms with E-state index in [-0.39, 0.29) is 5.83 Å². The average molecular weight is 184 g/mol. The van der Waals surface area contributed by atoms with Crippen LogP contribution >= 0.6 is 0 Å². The molecule has 1 aliphatic rings. The molecular formula is C10H17FN2. The van der Waals surface area contributed by atoms with Gasteiger partial charge in [-0.3, -0.25) is 0 Å². The predicted molar refractivity (Wildman–Crippen MR) is 53.1 cm³/mol. The molecular weight excluding hydrogens is 167 g/mol. The van der Waals surface area contributed by atoms with E-state index < -0.39 is 0 Å². The van der Waals surface area contributed by atoms with Gasteiger partial charge in [0, 0.05) is 25.8 Å². The molecule has 0 saturated carbocycles. The van der Waals surface area contributed by atoms with Crippen LogP contribution in [0.1, 0.15) is 12.8 Å². The standard InChI is InChI=1S/C10H17FN2/c1-12-7-8-13(2)10-6-4-3-5-9(10)11/h3,5,12H,4,6-8H2,1-2H3. The molecule has 0 spiro atoms. The van der Waals surface area contributed by atoms with E-state index in [2.05, 4.69) is 5.32 Å². The molecule has 0 bridgehead atoms. The molecule has 0 unspecified atom stereocenters. The Morgan fingerprint density at radius 1 is 1.62 bits per heavy atom. The lowest BCUT2D eigenvalue weighted by Gasteiger charge is -2.24. The van der Waals surface area contributed by atoms with Gasteiger partial charge in [0.1, 0.15) is 5.83 Å². The second kappa shape index (κ2) is 5.02. The maximum Gasteiger partial charge on any atom is 0.141 e. The van der Waals surface area contributed by atoms with Crippen LogP contribution in [-0.2, 0) is 0 Å². The highest BCUT2D eigenvalue weighted by molar-refractivity contribution is 5.22. The van der Waals surface area contributed by atoms with Crippen LogP contribution in [0.15, 0.2) is 23.7 Å². The summed E-state index contributed by atoms with van der Waals surface area (Å²) in [4.78, 5) is 1.98. The molecule has 0 fully saturated rings. The van der Waals surface area contributed by atoms with Crippen molar-refractivity contribution < 1.29 is 4.39 Å². The number of rotatable bonds is 4. The molecule has 0 aromatic rings. The summed E-state index contributed by atoms with van der Waals surface area (Å²) in [6.45, 7) is 1.74. The van der Waals surface area contributed by atoms with Crippen molar-refractivity contribution in [3.05, 3.63) is 23.7 Å². The minimum Gasteiger partial charge on any atom is -0.374 e. The van der Waals surface area contributed by atoms with E-state index >= 15 is 0 Å². The average Bonchev–Trinajstić information content (AvgIpc) is 2.15. The lowest BCUT2D eigenvalue weighted by molar-refractivity contribution is 0.380. The van der Waals surface area contributed by atoms with Crippen LogP contribution < -0.4 is 5.32 Å². The van der Waals surface area contributed by atoms with Gasteiger partial charge in [-0.15, -0.1) is 0 Å². The molecule has 1 N–H and O–H groups in total. The van der Waals surface area contributed by atoms with Crippen molar-refractivity contribution in [3.63, 3.8) is 0 Å². The Balaban J connectivity index is 2.53. The Kier molecular flexibility index (Phi) is 3.96. The third-order valence-corrected chi connectivity index (χ3v) is 2.25. The number of halogens is 1. The molecule has 0 heterocycles. The van der Waals surface area contributed by atoms with E-state index in [0.29, 0.717) is 0 Å². The smallest absolute Gasteiger partial charge is 0.141 e. The zero-order valence-corrected chi connectivity index (χ0v) is 8.31. The molecule has 0 aliphatic heterocycles. The summed E-state index contributed by atoms with van der Waals surface area (Å²) in [7, 11) is 3.84. The second-order valence-electron chi connectivity index (χ2n) is 3.26. The summed E-state index contributed by atoms with van der Waals surface area (Å²) in [6.07, 6.45) is 5.22. The fourth-order valence-electron chi connectivity index (χ4n) is 1.41. The number of nitrogens with one attached hydrogen (secondary N) is 1. The van der Waals surface area contributed by atoms with Gasteiger partial charge in [-0.1, -0.05) is 6.08 Å². The van der Waals surface area contributed by atoms with Crippen molar-refractivity contribution in [1.82, 2.24) is 10.2 Å². The highest BCUT2D eigenvalue weighted by Crippen LogP contribution is 2.21. The third-order valence-electron chi connectivity index (χ3n) is 2.25. The molecule has 13 heavy (non-hydrogen) atoms. The molecule has 2 nitrogen and oxygen atoms in total. The molecule has 0 saturated heterocycles. The van der Waals surface area contributed by atoms with Gasteiger partial charge in [-0.2, -0.15) is 0 Å². The highest BCUT2D eigenvalue weighted by atomic mass is 19.1. The van der Waals surface area contributed by atoms with Gasteiger partial charge in [0.05, 0.1) is 0 Å². The minimum absolute atomic E-state index is 0.0788. The van der Waals surface area contributed by atoms with E-state index in [9.17, 15) is 4.39 Å². The van der Waals surface area contributed by atoms with Crippen molar-refractivity contribution in [3.8, 4) is 0 Å². The summed E-state index contributed by atoms with van der Waals surface area (Å²) in [5, 5.41) is 3.05. The van der Waals surface area contributed by atoms with Gasteiger partial charge in [0.25, 0.3) is 0 Å². The molecule has 0 aromatic carbocycles.